The number of aromatic amines is 2. The van der Waals surface area contributed by atoms with Crippen molar-refractivity contribution in [1.29, 1.82) is 0 Å². The van der Waals surface area contributed by atoms with Crippen molar-refractivity contribution in [3.8, 4) is 0 Å². The maximum Gasteiger partial charge on any atom is 0.325 e. The standard InChI is InChI=1S/C34H39BrN8O7S/c1-17(36)33(48)43-16-51-15-27(43)32(47)42-26(10-19-12-37-23-8-4-3-6-21(19)23)31(46)41-25(30(45)39-14-28(44)40-18(2)34(49)50)11-20-13-38-24-9-5-7-22(35)29(20)24/h3-9,12-13,17-18,25-27,37-38H,10-11,14-16,36H2,1-2H3,(H,39,45)(H,40,44)(H,41,46)(H,42,47)(H,49,50)/t17-,18-,25+,26+,27+/m1/s1. The molecule has 4 aromatic rings. The number of benzene rings is 2. The molecule has 0 saturated carbocycles. The van der Waals surface area contributed by atoms with Crippen LogP contribution in [-0.4, -0.2) is 104 Å². The first-order valence-electron chi connectivity index (χ1n) is 16.2. The summed E-state index contributed by atoms with van der Waals surface area (Å²) in [5.74, 6) is -3.69. The molecule has 5 rings (SSSR count). The number of carbonyl (C=O) groups excluding carboxylic acids is 5. The van der Waals surface area contributed by atoms with Gasteiger partial charge >= 0.3 is 5.97 Å². The fourth-order valence-corrected chi connectivity index (χ4v) is 7.64. The number of para-hydroxylation sites is 1. The van der Waals surface area contributed by atoms with E-state index >= 15 is 0 Å². The average Bonchev–Trinajstić information content (AvgIpc) is 3.85. The Kier molecular flexibility index (Phi) is 12.0. The Bertz CT molecular complexity index is 1960. The lowest BCUT2D eigenvalue weighted by atomic mass is 10.0. The van der Waals surface area contributed by atoms with Crippen LogP contribution in [0.4, 0.5) is 0 Å². The molecule has 0 aliphatic carbocycles. The van der Waals surface area contributed by atoms with E-state index in [0.717, 1.165) is 31.8 Å². The molecule has 0 unspecified atom stereocenters. The number of carboxylic acid groups (broad SMARTS) is 1. The van der Waals surface area contributed by atoms with Gasteiger partial charge in [0.2, 0.25) is 29.5 Å². The number of amides is 5. The summed E-state index contributed by atoms with van der Waals surface area (Å²) < 4.78 is 0.758. The SMILES string of the molecule is C[C@@H](N)C(=O)N1CSC[C@H]1C(=O)N[C@@H](Cc1c[nH]c2ccccc12)C(=O)N[C@@H](Cc1c[nH]c2cccc(Br)c12)C(=O)NCC(=O)N[C@H](C)C(=O)O. The van der Waals surface area contributed by atoms with Crippen LogP contribution in [0.2, 0.25) is 0 Å². The van der Waals surface area contributed by atoms with Gasteiger partial charge in [-0.3, -0.25) is 28.8 Å². The van der Waals surface area contributed by atoms with Crippen molar-refractivity contribution in [3.05, 3.63) is 70.5 Å². The van der Waals surface area contributed by atoms with E-state index in [-0.39, 0.29) is 24.6 Å². The van der Waals surface area contributed by atoms with Crippen LogP contribution in [0.1, 0.15) is 25.0 Å². The normalized spacial score (nSPS) is 16.6. The van der Waals surface area contributed by atoms with Crippen LogP contribution in [0, 0.1) is 0 Å². The molecular formula is C34H39BrN8O7S. The second-order valence-electron chi connectivity index (χ2n) is 12.3. The quantitative estimate of drug-likeness (QED) is 0.0915. The smallest absolute Gasteiger partial charge is 0.325 e. The van der Waals surface area contributed by atoms with Crippen molar-refractivity contribution in [2.24, 2.45) is 5.73 Å². The maximum absolute atomic E-state index is 14.2. The van der Waals surface area contributed by atoms with E-state index in [1.54, 1.807) is 19.3 Å². The van der Waals surface area contributed by atoms with Gasteiger partial charge in [-0.25, -0.2) is 0 Å². The number of carboxylic acids is 1. The lowest BCUT2D eigenvalue weighted by Crippen LogP contribution is -2.58. The molecule has 15 nitrogen and oxygen atoms in total. The van der Waals surface area contributed by atoms with E-state index in [2.05, 4.69) is 47.2 Å². The summed E-state index contributed by atoms with van der Waals surface area (Å²) in [7, 11) is 0. The highest BCUT2D eigenvalue weighted by molar-refractivity contribution is 9.10. The van der Waals surface area contributed by atoms with Crippen molar-refractivity contribution >= 4 is 85.0 Å². The lowest BCUT2D eigenvalue weighted by molar-refractivity contribution is -0.141. The zero-order valence-corrected chi connectivity index (χ0v) is 30.2. The summed E-state index contributed by atoms with van der Waals surface area (Å²) in [5.41, 5.74) is 8.88. The van der Waals surface area contributed by atoms with Gasteiger partial charge in [-0.2, -0.15) is 0 Å². The second kappa shape index (κ2) is 16.4. The van der Waals surface area contributed by atoms with Gasteiger partial charge < -0.3 is 47.0 Å². The highest BCUT2D eigenvalue weighted by Crippen LogP contribution is 2.28. The number of nitrogens with zero attached hydrogens (tertiary/aromatic N) is 1. The summed E-state index contributed by atoms with van der Waals surface area (Å²) in [4.78, 5) is 85.8. The minimum Gasteiger partial charge on any atom is -0.480 e. The van der Waals surface area contributed by atoms with Gasteiger partial charge in [0.15, 0.2) is 0 Å². The topological polar surface area (TPSA) is 232 Å². The lowest BCUT2D eigenvalue weighted by Gasteiger charge is -2.27. The van der Waals surface area contributed by atoms with Crippen LogP contribution in [0.3, 0.4) is 0 Å². The Morgan fingerprint density at radius 3 is 2.33 bits per heavy atom. The van der Waals surface area contributed by atoms with Gasteiger partial charge in [0.25, 0.3) is 0 Å². The van der Waals surface area contributed by atoms with Crippen LogP contribution in [0.5, 0.6) is 0 Å². The molecule has 2 aromatic carbocycles. The second-order valence-corrected chi connectivity index (χ2v) is 14.2. The largest absolute Gasteiger partial charge is 0.480 e. The number of halogens is 1. The van der Waals surface area contributed by atoms with E-state index < -0.39 is 66.4 Å². The minimum atomic E-state index is -1.24. The van der Waals surface area contributed by atoms with Crippen LogP contribution in [0.15, 0.2) is 59.3 Å². The third-order valence-electron chi connectivity index (χ3n) is 8.55. The molecule has 1 fully saturated rings. The molecule has 1 aliphatic heterocycles. The number of carbonyl (C=O) groups is 6. The molecule has 17 heteroatoms. The molecule has 1 saturated heterocycles. The molecule has 0 bridgehead atoms. The number of H-pyrrole nitrogens is 2. The van der Waals surface area contributed by atoms with Crippen molar-refractivity contribution in [2.45, 2.75) is 56.9 Å². The van der Waals surface area contributed by atoms with Gasteiger partial charge in [0.05, 0.1) is 18.5 Å². The predicted octanol–water partition coefficient (Wildman–Crippen LogP) is 1.12. The third-order valence-corrected chi connectivity index (χ3v) is 10.2. The van der Waals surface area contributed by atoms with Gasteiger partial charge in [-0.1, -0.05) is 40.2 Å². The molecule has 5 atom stereocenters. The predicted molar refractivity (Wildman–Crippen MR) is 195 cm³/mol. The maximum atomic E-state index is 14.2. The zero-order chi connectivity index (χ0) is 36.8. The van der Waals surface area contributed by atoms with E-state index in [1.807, 2.05) is 42.5 Å². The Hall–Kier alpha value is -4.87. The molecular weight excluding hydrogens is 744 g/mol. The Labute approximate surface area is 305 Å². The Morgan fingerprint density at radius 2 is 1.59 bits per heavy atom. The Morgan fingerprint density at radius 1 is 0.922 bits per heavy atom. The fourth-order valence-electron chi connectivity index (χ4n) is 5.85. The summed E-state index contributed by atoms with van der Waals surface area (Å²) in [5, 5.41) is 21.2. The van der Waals surface area contributed by atoms with Crippen LogP contribution < -0.4 is 27.0 Å². The molecule has 0 spiro atoms. The van der Waals surface area contributed by atoms with Crippen LogP contribution in [-0.2, 0) is 41.6 Å². The number of nitrogens with one attached hydrogen (secondary N) is 6. The number of aliphatic carboxylic acids is 1. The van der Waals surface area contributed by atoms with E-state index in [0.29, 0.717) is 11.3 Å². The van der Waals surface area contributed by atoms with Crippen molar-refractivity contribution in [1.82, 2.24) is 36.1 Å². The summed E-state index contributed by atoms with van der Waals surface area (Å²) >= 11 is 4.95. The van der Waals surface area contributed by atoms with Gasteiger partial charge in [-0.15, -0.1) is 11.8 Å². The van der Waals surface area contributed by atoms with Gasteiger partial charge in [0, 0.05) is 57.3 Å². The number of hydrogen-bond acceptors (Lipinski definition) is 8. The van der Waals surface area contributed by atoms with E-state index in [9.17, 15) is 28.8 Å². The van der Waals surface area contributed by atoms with Crippen LogP contribution in [0.25, 0.3) is 21.8 Å². The number of rotatable bonds is 14. The number of hydrogen-bond donors (Lipinski definition) is 8. The molecule has 9 N–H and O–H groups in total. The first-order chi connectivity index (χ1) is 24.3. The summed E-state index contributed by atoms with van der Waals surface area (Å²) in [6.45, 7) is 2.29. The third kappa shape index (κ3) is 8.90. The molecule has 2 aromatic heterocycles. The average molecular weight is 784 g/mol. The van der Waals surface area contributed by atoms with Crippen molar-refractivity contribution in [3.63, 3.8) is 0 Å². The highest BCUT2D eigenvalue weighted by Gasteiger charge is 2.38. The Balaban J connectivity index is 1.42. The van der Waals surface area contributed by atoms with E-state index in [1.165, 1.54) is 23.6 Å². The molecule has 0 radical (unpaired) electrons. The van der Waals surface area contributed by atoms with Crippen molar-refractivity contribution < 1.29 is 33.9 Å². The number of nitrogens with two attached hydrogens (primary N) is 1. The first-order valence-corrected chi connectivity index (χ1v) is 18.1. The van der Waals surface area contributed by atoms with Gasteiger partial charge in [-0.05, 0) is 43.2 Å². The summed E-state index contributed by atoms with van der Waals surface area (Å²) in [6, 6.07) is 7.77. The monoisotopic (exact) mass is 782 g/mol. The molecule has 5 amide bonds. The van der Waals surface area contributed by atoms with Crippen LogP contribution >= 0.6 is 27.7 Å². The fraction of sp³-hybridized carbons (Fsp3) is 0.353. The number of fused-ring (bicyclic) bond motifs is 2. The molecule has 3 heterocycles. The minimum absolute atomic E-state index is 0.00296. The first kappa shape index (κ1) is 37.4. The van der Waals surface area contributed by atoms with E-state index in [4.69, 9.17) is 10.8 Å². The highest BCUT2D eigenvalue weighted by atomic mass is 79.9. The number of thioether (sulfide) groups is 1. The molecule has 1 aliphatic rings. The zero-order valence-electron chi connectivity index (χ0n) is 27.8. The van der Waals surface area contributed by atoms with Gasteiger partial charge in [0.1, 0.15) is 24.2 Å². The number of aromatic nitrogens is 2. The summed E-state index contributed by atoms with van der Waals surface area (Å²) in [6.07, 6.45) is 3.51. The molecule has 51 heavy (non-hydrogen) atoms. The van der Waals surface area contributed by atoms with Crippen molar-refractivity contribution in [2.75, 3.05) is 18.2 Å². The molecule has 270 valence electrons.